The molecule has 0 spiro atoms. The fourth-order valence-corrected chi connectivity index (χ4v) is 2.17. The maximum atomic E-state index is 13.0. The molecule has 2 N–H and O–H groups in total. The van der Waals surface area contributed by atoms with Crippen LogP contribution in [0.3, 0.4) is 0 Å². The monoisotopic (exact) mass is 314 g/mol. The number of hydrogen-bond acceptors (Lipinski definition) is 2. The predicted octanol–water partition coefficient (Wildman–Crippen LogP) is 2.52. The molecule has 9 heteroatoms. The van der Waals surface area contributed by atoms with Crippen molar-refractivity contribution in [3.8, 4) is 0 Å². The van der Waals surface area contributed by atoms with Crippen LogP contribution < -0.4 is 0 Å². The summed E-state index contributed by atoms with van der Waals surface area (Å²) in [7, 11) is -4.49. The summed E-state index contributed by atoms with van der Waals surface area (Å²) in [5, 5.41) is 0. The third-order valence-corrected chi connectivity index (χ3v) is 3.12. The molecule has 0 atom stereocenters. The van der Waals surface area contributed by atoms with Crippen LogP contribution in [0.15, 0.2) is 18.2 Å². The van der Waals surface area contributed by atoms with Gasteiger partial charge in [0.2, 0.25) is 0 Å². The number of aryl methyl sites for hydroxylation is 1. The number of benzene rings is 1. The predicted molar refractivity (Wildman–Crippen MR) is 61.6 cm³/mol. The Bertz CT molecular complexity index is 550. The van der Waals surface area contributed by atoms with Crippen molar-refractivity contribution in [3.05, 3.63) is 35.1 Å². The van der Waals surface area contributed by atoms with Crippen molar-refractivity contribution in [2.24, 2.45) is 0 Å². The molecule has 112 valence electrons. The summed E-state index contributed by atoms with van der Waals surface area (Å²) < 4.78 is 60.9. The molecule has 1 aromatic rings. The Morgan fingerprint density at radius 2 is 1.80 bits per heavy atom. The van der Waals surface area contributed by atoms with E-state index < -0.39 is 37.1 Å². The van der Waals surface area contributed by atoms with E-state index in [9.17, 15) is 26.9 Å². The van der Waals surface area contributed by atoms with Gasteiger partial charge in [0.05, 0.1) is 5.56 Å². The third-order valence-electron chi connectivity index (χ3n) is 2.36. The molecule has 0 saturated heterocycles. The maximum Gasteiger partial charge on any atom is 0.416 e. The van der Waals surface area contributed by atoms with Crippen LogP contribution in [-0.4, -0.2) is 21.7 Å². The standard InChI is InChI=1S/C11H11F4O4P/c12-9-4-7(3-8(5-9)11(13,14)15)1-2-10(16)6-20(17,18)19/h3-5H,1-2,6H2,(H2,17,18,19). The summed E-state index contributed by atoms with van der Waals surface area (Å²) in [6.45, 7) is 0. The average Bonchev–Trinajstić information content (AvgIpc) is 2.22. The Morgan fingerprint density at radius 1 is 1.20 bits per heavy atom. The van der Waals surface area contributed by atoms with Crippen molar-refractivity contribution in [1.82, 2.24) is 0 Å². The Labute approximate surface area is 111 Å². The molecule has 4 nitrogen and oxygen atoms in total. The molecule has 0 radical (unpaired) electrons. The SMILES string of the molecule is O=C(CCc1cc(F)cc(C(F)(F)F)c1)CP(=O)(O)O. The van der Waals surface area contributed by atoms with E-state index in [4.69, 9.17) is 9.79 Å². The van der Waals surface area contributed by atoms with Gasteiger partial charge in [-0.2, -0.15) is 13.2 Å². The van der Waals surface area contributed by atoms with Crippen molar-refractivity contribution in [3.63, 3.8) is 0 Å². The highest BCUT2D eigenvalue weighted by Crippen LogP contribution is 2.34. The molecular formula is C11H11F4O4P. The van der Waals surface area contributed by atoms with E-state index in [1.54, 1.807) is 0 Å². The van der Waals surface area contributed by atoms with Crippen LogP contribution in [0, 0.1) is 5.82 Å². The van der Waals surface area contributed by atoms with Crippen LogP contribution in [0.5, 0.6) is 0 Å². The molecule has 0 aromatic heterocycles. The first-order valence-electron chi connectivity index (χ1n) is 5.40. The van der Waals surface area contributed by atoms with E-state index in [0.717, 1.165) is 6.07 Å². The second-order valence-corrected chi connectivity index (χ2v) is 5.85. The van der Waals surface area contributed by atoms with Gasteiger partial charge >= 0.3 is 13.8 Å². The van der Waals surface area contributed by atoms with Gasteiger partial charge in [-0.05, 0) is 30.2 Å². The van der Waals surface area contributed by atoms with Crippen LogP contribution in [0.2, 0.25) is 0 Å². The molecular weight excluding hydrogens is 303 g/mol. The number of rotatable bonds is 5. The fourth-order valence-electron chi connectivity index (χ4n) is 1.55. The van der Waals surface area contributed by atoms with E-state index in [1.807, 2.05) is 0 Å². The van der Waals surface area contributed by atoms with E-state index >= 15 is 0 Å². The third kappa shape index (κ3) is 5.81. The average molecular weight is 314 g/mol. The van der Waals surface area contributed by atoms with E-state index in [1.165, 1.54) is 0 Å². The molecule has 0 aliphatic heterocycles. The highest BCUT2D eigenvalue weighted by molar-refractivity contribution is 7.52. The van der Waals surface area contributed by atoms with Crippen LogP contribution in [0.1, 0.15) is 17.5 Å². The quantitative estimate of drug-likeness (QED) is 0.647. The Hall–Kier alpha value is -1.24. The molecule has 1 aromatic carbocycles. The number of carbonyl (C=O) groups is 1. The minimum Gasteiger partial charge on any atom is -0.324 e. The van der Waals surface area contributed by atoms with Crippen molar-refractivity contribution in [2.45, 2.75) is 19.0 Å². The Kier molecular flexibility index (Phi) is 5.07. The van der Waals surface area contributed by atoms with Crippen LogP contribution >= 0.6 is 7.60 Å². The minimum atomic E-state index is -4.70. The van der Waals surface area contributed by atoms with Gasteiger partial charge in [0.15, 0.2) is 0 Å². The van der Waals surface area contributed by atoms with Crippen LogP contribution in [-0.2, 0) is 22.0 Å². The number of carbonyl (C=O) groups excluding carboxylic acids is 1. The van der Waals surface area contributed by atoms with Crippen molar-refractivity contribution in [1.29, 1.82) is 0 Å². The molecule has 1 rings (SSSR count). The lowest BCUT2D eigenvalue weighted by molar-refractivity contribution is -0.137. The first-order valence-corrected chi connectivity index (χ1v) is 7.20. The van der Waals surface area contributed by atoms with Crippen LogP contribution in [0.4, 0.5) is 17.6 Å². The summed E-state index contributed by atoms with van der Waals surface area (Å²) in [5.41, 5.74) is -1.23. The van der Waals surface area contributed by atoms with Gasteiger partial charge in [0.1, 0.15) is 17.8 Å². The van der Waals surface area contributed by atoms with Gasteiger partial charge < -0.3 is 9.79 Å². The molecule has 0 saturated carbocycles. The summed E-state index contributed by atoms with van der Waals surface area (Å²) in [6, 6.07) is 1.88. The minimum absolute atomic E-state index is 0.0589. The molecule has 0 heterocycles. The summed E-state index contributed by atoms with van der Waals surface area (Å²) in [4.78, 5) is 28.3. The second-order valence-electron chi connectivity index (χ2n) is 4.21. The normalized spacial score (nSPS) is 12.5. The largest absolute Gasteiger partial charge is 0.416 e. The summed E-state index contributed by atoms with van der Waals surface area (Å²) in [6.07, 6.45) is -6.27. The maximum absolute atomic E-state index is 13.0. The topological polar surface area (TPSA) is 74.6 Å². The molecule has 0 bridgehead atoms. The Balaban J connectivity index is 2.77. The smallest absolute Gasteiger partial charge is 0.324 e. The zero-order valence-electron chi connectivity index (χ0n) is 10.0. The zero-order valence-corrected chi connectivity index (χ0v) is 10.9. The molecule has 0 aliphatic carbocycles. The number of halogens is 4. The van der Waals surface area contributed by atoms with Gasteiger partial charge in [-0.25, -0.2) is 4.39 Å². The lowest BCUT2D eigenvalue weighted by atomic mass is 10.0. The molecule has 0 aliphatic rings. The van der Waals surface area contributed by atoms with E-state index in [-0.39, 0.29) is 18.4 Å². The highest BCUT2D eigenvalue weighted by atomic mass is 31.2. The van der Waals surface area contributed by atoms with Gasteiger partial charge in [-0.1, -0.05) is 0 Å². The highest BCUT2D eigenvalue weighted by Gasteiger charge is 2.31. The number of hydrogen-bond donors (Lipinski definition) is 2. The van der Waals surface area contributed by atoms with E-state index in [0.29, 0.717) is 12.1 Å². The van der Waals surface area contributed by atoms with Gasteiger partial charge in [0.25, 0.3) is 0 Å². The van der Waals surface area contributed by atoms with Gasteiger partial charge in [-0.3, -0.25) is 9.36 Å². The van der Waals surface area contributed by atoms with Gasteiger partial charge in [-0.15, -0.1) is 0 Å². The molecule has 0 amide bonds. The van der Waals surface area contributed by atoms with E-state index in [2.05, 4.69) is 0 Å². The van der Waals surface area contributed by atoms with Gasteiger partial charge in [0, 0.05) is 6.42 Å². The number of ketones is 1. The number of Topliss-reactive ketones (excluding diaryl/α,β-unsaturated/α-hetero) is 1. The van der Waals surface area contributed by atoms with Crippen molar-refractivity contribution >= 4 is 13.4 Å². The Morgan fingerprint density at radius 3 is 2.30 bits per heavy atom. The molecule has 0 unspecified atom stereocenters. The number of alkyl halides is 3. The molecule has 20 heavy (non-hydrogen) atoms. The second kappa shape index (κ2) is 6.03. The lowest BCUT2D eigenvalue weighted by Crippen LogP contribution is -2.09. The fraction of sp³-hybridized carbons (Fsp3) is 0.364. The first kappa shape index (κ1) is 16.8. The van der Waals surface area contributed by atoms with Crippen LogP contribution in [0.25, 0.3) is 0 Å². The summed E-state index contributed by atoms with van der Waals surface area (Å²) >= 11 is 0. The first-order chi connectivity index (χ1) is 8.97. The summed E-state index contributed by atoms with van der Waals surface area (Å²) in [5.74, 6) is -1.88. The van der Waals surface area contributed by atoms with Crippen molar-refractivity contribution < 1.29 is 36.7 Å². The molecule has 0 fully saturated rings. The zero-order chi connectivity index (χ0) is 15.6. The lowest BCUT2D eigenvalue weighted by Gasteiger charge is -2.09. The van der Waals surface area contributed by atoms with Crippen molar-refractivity contribution in [2.75, 3.05) is 6.16 Å².